The summed E-state index contributed by atoms with van der Waals surface area (Å²) < 4.78 is 5.88. The molecule has 3 nitrogen and oxygen atoms in total. The zero-order chi connectivity index (χ0) is 14.7. The summed E-state index contributed by atoms with van der Waals surface area (Å²) in [4.78, 5) is 0. The largest absolute Gasteiger partial charge is 0.491 e. The standard InChI is InChI=1S/C17H27NO2/c1-11(2)18-13(4)16(19)10-20-17-9-8-12(3)14-6-5-7-15(14)17/h8-9,11,13,16,18-19H,5-7,10H2,1-4H3/t13-,16+/m1/s1. The van der Waals surface area contributed by atoms with Crippen molar-refractivity contribution in [3.8, 4) is 5.75 Å². The van der Waals surface area contributed by atoms with Crippen molar-refractivity contribution in [1.29, 1.82) is 0 Å². The highest BCUT2D eigenvalue weighted by Gasteiger charge is 2.20. The Bertz CT molecular complexity index is 457. The number of rotatable bonds is 6. The molecule has 1 aromatic carbocycles. The second-order valence-electron chi connectivity index (χ2n) is 6.18. The molecule has 1 aliphatic rings. The van der Waals surface area contributed by atoms with E-state index >= 15 is 0 Å². The second kappa shape index (κ2) is 6.59. The molecule has 3 heteroatoms. The van der Waals surface area contributed by atoms with Crippen LogP contribution in [0.1, 0.15) is 43.9 Å². The van der Waals surface area contributed by atoms with Crippen LogP contribution in [0.4, 0.5) is 0 Å². The zero-order valence-corrected chi connectivity index (χ0v) is 13.1. The number of hydrogen-bond donors (Lipinski definition) is 2. The number of aliphatic hydroxyl groups excluding tert-OH is 1. The summed E-state index contributed by atoms with van der Waals surface area (Å²) >= 11 is 0. The van der Waals surface area contributed by atoms with Crippen LogP contribution in [0.3, 0.4) is 0 Å². The van der Waals surface area contributed by atoms with Gasteiger partial charge in [0.2, 0.25) is 0 Å². The van der Waals surface area contributed by atoms with Gasteiger partial charge < -0.3 is 15.2 Å². The molecule has 0 amide bonds. The van der Waals surface area contributed by atoms with Crippen LogP contribution in [0.2, 0.25) is 0 Å². The maximum Gasteiger partial charge on any atom is 0.122 e. The smallest absolute Gasteiger partial charge is 0.122 e. The van der Waals surface area contributed by atoms with Gasteiger partial charge >= 0.3 is 0 Å². The summed E-state index contributed by atoms with van der Waals surface area (Å²) in [5.74, 6) is 0.957. The van der Waals surface area contributed by atoms with Gasteiger partial charge in [0.05, 0.1) is 0 Å². The molecule has 0 heterocycles. The van der Waals surface area contributed by atoms with Crippen LogP contribution in [-0.2, 0) is 12.8 Å². The first-order chi connectivity index (χ1) is 9.49. The highest BCUT2D eigenvalue weighted by atomic mass is 16.5. The molecule has 0 radical (unpaired) electrons. The summed E-state index contributed by atoms with van der Waals surface area (Å²) in [6.45, 7) is 8.66. The predicted molar refractivity (Wildman–Crippen MR) is 82.4 cm³/mol. The topological polar surface area (TPSA) is 41.5 Å². The normalized spacial score (nSPS) is 17.1. The molecule has 2 atom stereocenters. The number of nitrogens with one attached hydrogen (secondary N) is 1. The number of fused-ring (bicyclic) bond motifs is 1. The Morgan fingerprint density at radius 3 is 2.60 bits per heavy atom. The predicted octanol–water partition coefficient (Wildman–Crippen LogP) is 2.61. The molecule has 2 rings (SSSR count). The molecular formula is C17H27NO2. The Labute approximate surface area is 122 Å². The molecule has 1 aromatic rings. The van der Waals surface area contributed by atoms with Crippen LogP contribution >= 0.6 is 0 Å². The van der Waals surface area contributed by atoms with E-state index in [2.05, 4.69) is 32.2 Å². The van der Waals surface area contributed by atoms with Crippen LogP contribution in [0, 0.1) is 6.92 Å². The number of aryl methyl sites for hydroxylation is 1. The highest BCUT2D eigenvalue weighted by molar-refractivity contribution is 5.47. The van der Waals surface area contributed by atoms with Crippen molar-refractivity contribution in [2.45, 2.75) is 65.1 Å². The number of ether oxygens (including phenoxy) is 1. The van der Waals surface area contributed by atoms with Crippen molar-refractivity contribution in [1.82, 2.24) is 5.32 Å². The molecule has 0 aromatic heterocycles. The van der Waals surface area contributed by atoms with Crippen molar-refractivity contribution >= 4 is 0 Å². The van der Waals surface area contributed by atoms with Crippen LogP contribution in [0.25, 0.3) is 0 Å². The van der Waals surface area contributed by atoms with E-state index in [1.54, 1.807) is 0 Å². The fourth-order valence-electron chi connectivity index (χ4n) is 2.94. The van der Waals surface area contributed by atoms with Gasteiger partial charge in [0.15, 0.2) is 0 Å². The van der Waals surface area contributed by atoms with Gasteiger partial charge in [-0.2, -0.15) is 0 Å². The second-order valence-corrected chi connectivity index (χ2v) is 6.18. The maximum atomic E-state index is 10.1. The summed E-state index contributed by atoms with van der Waals surface area (Å²) in [5.41, 5.74) is 4.16. The first kappa shape index (κ1) is 15.3. The van der Waals surface area contributed by atoms with Gasteiger partial charge in [-0.1, -0.05) is 19.9 Å². The van der Waals surface area contributed by atoms with Crippen molar-refractivity contribution in [2.75, 3.05) is 6.61 Å². The molecule has 112 valence electrons. The lowest BCUT2D eigenvalue weighted by molar-refractivity contribution is 0.0755. The fraction of sp³-hybridized carbons (Fsp3) is 0.647. The van der Waals surface area contributed by atoms with Crippen LogP contribution in [0.5, 0.6) is 5.75 Å². The third kappa shape index (κ3) is 3.53. The van der Waals surface area contributed by atoms with E-state index in [1.807, 2.05) is 13.0 Å². The third-order valence-electron chi connectivity index (χ3n) is 4.06. The average Bonchev–Trinajstić information content (AvgIpc) is 2.87. The quantitative estimate of drug-likeness (QED) is 0.840. The molecule has 0 bridgehead atoms. The van der Waals surface area contributed by atoms with Crippen LogP contribution in [-0.4, -0.2) is 29.9 Å². The van der Waals surface area contributed by atoms with Crippen LogP contribution < -0.4 is 10.1 Å². The summed E-state index contributed by atoms with van der Waals surface area (Å²) in [7, 11) is 0. The molecule has 0 aliphatic heterocycles. The van der Waals surface area contributed by atoms with Crippen molar-refractivity contribution < 1.29 is 9.84 Å². The molecule has 0 unspecified atom stereocenters. The number of benzene rings is 1. The molecular weight excluding hydrogens is 250 g/mol. The summed E-state index contributed by atoms with van der Waals surface area (Å²) in [6.07, 6.45) is 2.98. The molecule has 2 N–H and O–H groups in total. The van der Waals surface area contributed by atoms with E-state index in [4.69, 9.17) is 4.74 Å². The van der Waals surface area contributed by atoms with E-state index < -0.39 is 6.10 Å². The minimum absolute atomic E-state index is 0.0356. The van der Waals surface area contributed by atoms with Gasteiger partial charge in [-0.3, -0.25) is 0 Å². The Kier molecular flexibility index (Phi) is 5.06. The maximum absolute atomic E-state index is 10.1. The van der Waals surface area contributed by atoms with Crippen molar-refractivity contribution in [3.63, 3.8) is 0 Å². The van der Waals surface area contributed by atoms with Crippen LogP contribution in [0.15, 0.2) is 12.1 Å². The van der Waals surface area contributed by atoms with Gasteiger partial charge in [-0.05, 0) is 55.9 Å². The molecule has 1 aliphatic carbocycles. The van der Waals surface area contributed by atoms with Gasteiger partial charge in [-0.25, -0.2) is 0 Å². The van der Waals surface area contributed by atoms with Gasteiger partial charge in [0, 0.05) is 12.1 Å². The third-order valence-corrected chi connectivity index (χ3v) is 4.06. The first-order valence-electron chi connectivity index (χ1n) is 7.67. The lowest BCUT2D eigenvalue weighted by Gasteiger charge is -2.23. The van der Waals surface area contributed by atoms with Gasteiger partial charge in [0.25, 0.3) is 0 Å². The Hall–Kier alpha value is -1.06. The van der Waals surface area contributed by atoms with E-state index in [0.717, 1.165) is 18.6 Å². The minimum atomic E-state index is -0.490. The zero-order valence-electron chi connectivity index (χ0n) is 13.1. The number of hydrogen-bond acceptors (Lipinski definition) is 3. The van der Waals surface area contributed by atoms with Gasteiger partial charge in [-0.15, -0.1) is 0 Å². The SMILES string of the molecule is Cc1ccc(OC[C@H](O)[C@@H](C)NC(C)C)c2c1CCC2. The molecule has 0 saturated heterocycles. The monoisotopic (exact) mass is 277 g/mol. The minimum Gasteiger partial charge on any atom is -0.491 e. The van der Waals surface area contributed by atoms with Crippen molar-refractivity contribution in [3.05, 3.63) is 28.8 Å². The lowest BCUT2D eigenvalue weighted by Crippen LogP contribution is -2.43. The molecule has 0 fully saturated rings. The highest BCUT2D eigenvalue weighted by Crippen LogP contribution is 2.33. The van der Waals surface area contributed by atoms with Gasteiger partial charge in [0.1, 0.15) is 18.5 Å². The Balaban J connectivity index is 1.96. The molecule has 0 saturated carbocycles. The fourth-order valence-corrected chi connectivity index (χ4v) is 2.94. The molecule has 0 spiro atoms. The summed E-state index contributed by atoms with van der Waals surface area (Å²) in [5, 5.41) is 13.5. The average molecular weight is 277 g/mol. The van der Waals surface area contributed by atoms with E-state index in [-0.39, 0.29) is 6.04 Å². The van der Waals surface area contributed by atoms with E-state index in [1.165, 1.54) is 23.1 Å². The molecule has 20 heavy (non-hydrogen) atoms. The summed E-state index contributed by atoms with van der Waals surface area (Å²) in [6, 6.07) is 4.57. The van der Waals surface area contributed by atoms with E-state index in [9.17, 15) is 5.11 Å². The number of aliphatic hydroxyl groups is 1. The Morgan fingerprint density at radius 2 is 1.90 bits per heavy atom. The lowest BCUT2D eigenvalue weighted by atomic mass is 10.0. The first-order valence-corrected chi connectivity index (χ1v) is 7.67. The van der Waals surface area contributed by atoms with E-state index in [0.29, 0.717) is 12.6 Å². The Morgan fingerprint density at radius 1 is 1.20 bits per heavy atom. The van der Waals surface area contributed by atoms with Crippen molar-refractivity contribution in [2.24, 2.45) is 0 Å².